The Bertz CT molecular complexity index is 82.2. The van der Waals surface area contributed by atoms with Crippen LogP contribution in [-0.4, -0.2) is 26.9 Å². The van der Waals surface area contributed by atoms with Crippen LogP contribution < -0.4 is 5.40 Å². The second-order valence-corrected chi connectivity index (χ2v) is 9.23. The predicted molar refractivity (Wildman–Crippen MR) is 38.8 cm³/mol. The third-order valence-electron chi connectivity index (χ3n) is 0.456. The zero-order chi connectivity index (χ0) is 7.71. The van der Waals surface area contributed by atoms with Gasteiger partial charge in [0, 0.05) is 0 Å². The van der Waals surface area contributed by atoms with Gasteiger partial charge in [0.05, 0.1) is 0 Å². The molecule has 0 amide bonds. The van der Waals surface area contributed by atoms with Gasteiger partial charge in [0.1, 0.15) is 0 Å². The van der Waals surface area contributed by atoms with Crippen LogP contribution in [0.4, 0.5) is 0 Å². The summed E-state index contributed by atoms with van der Waals surface area (Å²) >= 11 is 0. The Kier molecular flexibility index (Phi) is 2.56. The summed E-state index contributed by atoms with van der Waals surface area (Å²) in [5, 5.41) is 4.88. The first kappa shape index (κ1) is 9.27. The van der Waals surface area contributed by atoms with Crippen molar-refractivity contribution < 1.29 is 13.7 Å². The van der Waals surface area contributed by atoms with E-state index >= 15 is 0 Å². The van der Waals surface area contributed by atoms with E-state index in [-0.39, 0.29) is 0 Å². The van der Waals surface area contributed by atoms with Crippen LogP contribution in [0.15, 0.2) is 0 Å². The fourth-order valence-electron chi connectivity index (χ4n) is 0.451. The second kappa shape index (κ2) is 2.48. The van der Waals surface area contributed by atoms with Gasteiger partial charge >= 0.3 is 8.97 Å². The van der Waals surface area contributed by atoms with Crippen LogP contribution in [0.2, 0.25) is 19.6 Å². The molecule has 0 rings (SSSR count). The summed E-state index contributed by atoms with van der Waals surface area (Å²) in [5.74, 6) is 0. The maximum absolute atomic E-state index is 8.64. The molecule has 0 atom stereocenters. The standard InChI is InChI=1S/C3H13NO3Si2/c1-8(2,3)7-9(4,5)6/h5-6H,4H2,1-3H3. The van der Waals surface area contributed by atoms with Crippen LogP contribution in [0.1, 0.15) is 0 Å². The van der Waals surface area contributed by atoms with Crippen LogP contribution in [0.25, 0.3) is 0 Å². The van der Waals surface area contributed by atoms with Gasteiger partial charge < -0.3 is 13.7 Å². The zero-order valence-electron chi connectivity index (χ0n) is 5.88. The van der Waals surface area contributed by atoms with E-state index in [0.29, 0.717) is 0 Å². The van der Waals surface area contributed by atoms with Gasteiger partial charge in [0.2, 0.25) is 0 Å². The fourth-order valence-corrected chi connectivity index (χ4v) is 4.06. The van der Waals surface area contributed by atoms with Crippen molar-refractivity contribution in [2.45, 2.75) is 19.6 Å². The molecule has 0 radical (unpaired) electrons. The molecule has 0 saturated carbocycles. The first-order valence-corrected chi connectivity index (χ1v) is 7.93. The molecule has 4 nitrogen and oxygen atoms in total. The Morgan fingerprint density at radius 1 is 1.22 bits per heavy atom. The highest BCUT2D eigenvalue weighted by atomic mass is 28.5. The van der Waals surface area contributed by atoms with Crippen molar-refractivity contribution in [3.8, 4) is 0 Å². The van der Waals surface area contributed by atoms with Crippen molar-refractivity contribution in [2.24, 2.45) is 5.40 Å². The van der Waals surface area contributed by atoms with Crippen molar-refractivity contribution in [2.75, 3.05) is 0 Å². The average Bonchev–Trinajstić information content (AvgIpc) is 1.14. The molecule has 4 N–H and O–H groups in total. The number of rotatable bonds is 2. The van der Waals surface area contributed by atoms with E-state index < -0.39 is 17.3 Å². The zero-order valence-corrected chi connectivity index (χ0v) is 7.88. The Morgan fingerprint density at radius 3 is 1.56 bits per heavy atom. The molecule has 0 aliphatic carbocycles. The van der Waals surface area contributed by atoms with Gasteiger partial charge in [-0.05, 0) is 19.6 Å². The van der Waals surface area contributed by atoms with E-state index in [4.69, 9.17) is 19.1 Å². The lowest BCUT2D eigenvalue weighted by Gasteiger charge is -2.22. The topological polar surface area (TPSA) is 75.7 Å². The molecule has 0 saturated heterocycles. The minimum atomic E-state index is -3.73. The lowest BCUT2D eigenvalue weighted by Crippen LogP contribution is -2.55. The monoisotopic (exact) mass is 167 g/mol. The van der Waals surface area contributed by atoms with Crippen LogP contribution in [0, 0.1) is 0 Å². The summed E-state index contributed by atoms with van der Waals surface area (Å²) in [4.78, 5) is 17.3. The molecule has 6 heteroatoms. The van der Waals surface area contributed by atoms with Crippen molar-refractivity contribution in [3.63, 3.8) is 0 Å². The summed E-state index contributed by atoms with van der Waals surface area (Å²) in [6, 6.07) is 0. The lowest BCUT2D eigenvalue weighted by molar-refractivity contribution is 0.238. The Labute approximate surface area is 56.8 Å². The molecule has 0 aromatic carbocycles. The number of hydrogen-bond donors (Lipinski definition) is 3. The molecular formula is C3H13NO3Si2. The van der Waals surface area contributed by atoms with Crippen LogP contribution in [0.5, 0.6) is 0 Å². The maximum atomic E-state index is 8.64. The molecule has 56 valence electrons. The van der Waals surface area contributed by atoms with Crippen molar-refractivity contribution >= 4 is 17.3 Å². The molecule has 0 unspecified atom stereocenters. The SMILES string of the molecule is C[Si](C)(C)O[Si](N)(O)O. The predicted octanol–water partition coefficient (Wildman–Crippen LogP) is -0.783. The third kappa shape index (κ3) is 8.27. The fraction of sp³-hybridized carbons (Fsp3) is 1.00. The van der Waals surface area contributed by atoms with E-state index in [9.17, 15) is 0 Å². The van der Waals surface area contributed by atoms with Gasteiger partial charge in [-0.15, -0.1) is 0 Å². The smallest absolute Gasteiger partial charge is 0.404 e. The van der Waals surface area contributed by atoms with Crippen molar-refractivity contribution in [3.05, 3.63) is 0 Å². The Hall–Kier alpha value is 0.274. The van der Waals surface area contributed by atoms with Crippen LogP contribution in [-0.2, 0) is 4.12 Å². The highest BCUT2D eigenvalue weighted by Crippen LogP contribution is 2.04. The van der Waals surface area contributed by atoms with Crippen molar-refractivity contribution in [1.82, 2.24) is 0 Å². The average molecular weight is 167 g/mol. The Balaban J connectivity index is 3.75. The first-order valence-electron chi connectivity index (χ1n) is 2.64. The summed E-state index contributed by atoms with van der Waals surface area (Å²) in [6.45, 7) is 5.52. The van der Waals surface area contributed by atoms with E-state index in [1.807, 2.05) is 19.6 Å². The summed E-state index contributed by atoms with van der Waals surface area (Å²) < 4.78 is 4.79. The third-order valence-corrected chi connectivity index (χ3v) is 4.11. The normalized spacial score (nSPS) is 14.0. The molecule has 0 aromatic heterocycles. The first-order chi connectivity index (χ1) is 3.71. The van der Waals surface area contributed by atoms with E-state index in [0.717, 1.165) is 0 Å². The highest BCUT2D eigenvalue weighted by molar-refractivity contribution is 6.78. The van der Waals surface area contributed by atoms with Gasteiger partial charge in [-0.3, -0.25) is 5.40 Å². The van der Waals surface area contributed by atoms with Crippen LogP contribution >= 0.6 is 0 Å². The van der Waals surface area contributed by atoms with Gasteiger partial charge in [-0.1, -0.05) is 0 Å². The summed E-state index contributed by atoms with van der Waals surface area (Å²) in [7, 11) is -5.59. The molecule has 0 heterocycles. The lowest BCUT2D eigenvalue weighted by atomic mass is 11.8. The largest absolute Gasteiger partial charge is 0.577 e. The van der Waals surface area contributed by atoms with Gasteiger partial charge in [0.25, 0.3) is 0 Å². The summed E-state index contributed by atoms with van der Waals surface area (Å²) in [6.07, 6.45) is 0. The van der Waals surface area contributed by atoms with Gasteiger partial charge in [-0.25, -0.2) is 0 Å². The maximum Gasteiger partial charge on any atom is 0.577 e. The minimum absolute atomic E-state index is 1.84. The van der Waals surface area contributed by atoms with Crippen LogP contribution in [0.3, 0.4) is 0 Å². The summed E-state index contributed by atoms with van der Waals surface area (Å²) in [5.41, 5.74) is 0. The minimum Gasteiger partial charge on any atom is -0.404 e. The number of hydrogen-bond acceptors (Lipinski definition) is 4. The van der Waals surface area contributed by atoms with E-state index in [1.54, 1.807) is 0 Å². The van der Waals surface area contributed by atoms with Gasteiger partial charge in [-0.2, -0.15) is 0 Å². The molecule has 0 bridgehead atoms. The molecule has 0 fully saturated rings. The second-order valence-electron chi connectivity index (χ2n) is 2.87. The molecule has 0 aliphatic rings. The highest BCUT2D eigenvalue weighted by Gasteiger charge is 2.33. The number of nitrogens with two attached hydrogens (primary N) is 1. The van der Waals surface area contributed by atoms with Gasteiger partial charge in [0.15, 0.2) is 8.32 Å². The quantitative estimate of drug-likeness (QED) is 0.471. The molecular weight excluding hydrogens is 154 g/mol. The Morgan fingerprint density at radius 2 is 1.56 bits per heavy atom. The van der Waals surface area contributed by atoms with Crippen molar-refractivity contribution in [1.29, 1.82) is 0 Å². The van der Waals surface area contributed by atoms with E-state index in [1.165, 1.54) is 0 Å². The molecule has 0 spiro atoms. The molecule has 9 heavy (non-hydrogen) atoms. The van der Waals surface area contributed by atoms with E-state index in [2.05, 4.69) is 0 Å². The molecule has 0 aromatic rings. The molecule has 0 aliphatic heterocycles.